The van der Waals surface area contributed by atoms with E-state index >= 15 is 0 Å². The molecule has 2 heteroatoms. The van der Waals surface area contributed by atoms with Crippen LogP contribution in [0.15, 0.2) is 24.3 Å². The van der Waals surface area contributed by atoms with E-state index in [-0.39, 0.29) is 0 Å². The van der Waals surface area contributed by atoms with Crippen LogP contribution < -0.4 is 10.5 Å². The van der Waals surface area contributed by atoms with Gasteiger partial charge in [0.2, 0.25) is 0 Å². The smallest absolute Gasteiger partial charge is 0.123 e. The van der Waals surface area contributed by atoms with Gasteiger partial charge >= 0.3 is 0 Å². The maximum atomic E-state index is 5.83. The molecule has 0 radical (unpaired) electrons. The lowest BCUT2D eigenvalue weighted by atomic mass is 9.89. The van der Waals surface area contributed by atoms with Crippen LogP contribution in [0.5, 0.6) is 5.75 Å². The normalized spacial score (nSPS) is 10.7. The Morgan fingerprint density at radius 2 is 1.55 bits per heavy atom. The number of nitrogens with two attached hydrogens (primary N) is 1. The van der Waals surface area contributed by atoms with Gasteiger partial charge in [0, 0.05) is 12.1 Å². The Kier molecular flexibility index (Phi) is 4.15. The number of ether oxygens (including phenoxy) is 1. The van der Waals surface area contributed by atoms with Crippen LogP contribution in [0.25, 0.3) is 11.1 Å². The van der Waals surface area contributed by atoms with Gasteiger partial charge in [0.05, 0.1) is 7.11 Å². The Morgan fingerprint density at radius 1 is 0.950 bits per heavy atom. The Balaban J connectivity index is 2.69. The predicted octanol–water partition coefficient (Wildman–Crippen LogP) is 4.05. The van der Waals surface area contributed by atoms with Crippen LogP contribution >= 0.6 is 0 Å². The highest BCUT2D eigenvalue weighted by Gasteiger charge is 2.12. The predicted molar refractivity (Wildman–Crippen MR) is 85.3 cm³/mol. The highest BCUT2D eigenvalue weighted by Crippen LogP contribution is 2.34. The lowest BCUT2D eigenvalue weighted by Gasteiger charge is -2.17. The number of hydrogen-bond acceptors (Lipinski definition) is 2. The summed E-state index contributed by atoms with van der Waals surface area (Å²) in [5.74, 6) is 0.857. The number of methoxy groups -OCH3 is 1. The van der Waals surface area contributed by atoms with Gasteiger partial charge in [-0.2, -0.15) is 0 Å². The van der Waals surface area contributed by atoms with Crippen molar-refractivity contribution >= 4 is 0 Å². The minimum Gasteiger partial charge on any atom is -0.496 e. The van der Waals surface area contributed by atoms with Gasteiger partial charge in [-0.3, -0.25) is 0 Å². The molecule has 2 rings (SSSR count). The summed E-state index contributed by atoms with van der Waals surface area (Å²) in [6, 6.07) is 8.52. The first-order valence-corrected chi connectivity index (χ1v) is 6.94. The second kappa shape index (κ2) is 5.68. The monoisotopic (exact) mass is 269 g/mol. The molecule has 0 saturated heterocycles. The fourth-order valence-corrected chi connectivity index (χ4v) is 2.74. The summed E-state index contributed by atoms with van der Waals surface area (Å²) >= 11 is 0. The van der Waals surface area contributed by atoms with E-state index in [1.165, 1.54) is 33.4 Å². The van der Waals surface area contributed by atoms with Crippen molar-refractivity contribution < 1.29 is 4.74 Å². The van der Waals surface area contributed by atoms with Crippen molar-refractivity contribution in [3.8, 4) is 16.9 Å². The van der Waals surface area contributed by atoms with Gasteiger partial charge in [-0.05, 0) is 73.2 Å². The number of hydrogen-bond donors (Lipinski definition) is 1. The number of rotatable bonds is 3. The Bertz CT molecular complexity index is 618. The van der Waals surface area contributed by atoms with E-state index in [9.17, 15) is 0 Å². The van der Waals surface area contributed by atoms with E-state index in [4.69, 9.17) is 10.5 Å². The average molecular weight is 269 g/mol. The fourth-order valence-electron chi connectivity index (χ4n) is 2.74. The fraction of sp³-hybridized carbons (Fsp3) is 0.333. The van der Waals surface area contributed by atoms with Gasteiger partial charge in [0.15, 0.2) is 0 Å². The highest BCUT2D eigenvalue weighted by atomic mass is 16.5. The molecule has 0 unspecified atom stereocenters. The molecule has 2 nitrogen and oxygen atoms in total. The average Bonchev–Trinajstić information content (AvgIpc) is 2.45. The summed E-state index contributed by atoms with van der Waals surface area (Å²) in [5.41, 5.74) is 14.7. The van der Waals surface area contributed by atoms with E-state index in [1.54, 1.807) is 7.11 Å². The van der Waals surface area contributed by atoms with Crippen LogP contribution in [0.1, 0.15) is 27.8 Å². The van der Waals surface area contributed by atoms with Crippen LogP contribution in [0.2, 0.25) is 0 Å². The quantitative estimate of drug-likeness (QED) is 0.912. The van der Waals surface area contributed by atoms with Gasteiger partial charge in [-0.1, -0.05) is 12.1 Å². The van der Waals surface area contributed by atoms with E-state index in [2.05, 4.69) is 45.9 Å². The van der Waals surface area contributed by atoms with Crippen LogP contribution in [0.4, 0.5) is 0 Å². The SMILES string of the molecule is COc1ccc(-c2c(C)c(C)cc(C)c2C)cc1CN. The first kappa shape index (κ1) is 14.6. The zero-order valence-corrected chi connectivity index (χ0v) is 13.0. The van der Waals surface area contributed by atoms with E-state index in [1.807, 2.05) is 6.07 Å². The van der Waals surface area contributed by atoms with Crippen LogP contribution in [-0.4, -0.2) is 7.11 Å². The standard InChI is InChI=1S/C18H23NO/c1-11-8-12(2)14(4)18(13(11)3)15-6-7-17(20-5)16(9-15)10-19/h6-9H,10,19H2,1-5H3. The summed E-state index contributed by atoms with van der Waals surface area (Å²) in [6.45, 7) is 9.18. The zero-order chi connectivity index (χ0) is 14.9. The van der Waals surface area contributed by atoms with Gasteiger partial charge in [0.25, 0.3) is 0 Å². The third-order valence-corrected chi connectivity index (χ3v) is 4.16. The number of benzene rings is 2. The molecule has 106 valence electrons. The highest BCUT2D eigenvalue weighted by molar-refractivity contribution is 5.74. The minimum absolute atomic E-state index is 0.486. The van der Waals surface area contributed by atoms with Gasteiger partial charge in [0.1, 0.15) is 5.75 Å². The van der Waals surface area contributed by atoms with E-state index in [0.29, 0.717) is 6.54 Å². The molecule has 0 aliphatic heterocycles. The number of aryl methyl sites for hydroxylation is 2. The van der Waals surface area contributed by atoms with Crippen molar-refractivity contribution in [1.29, 1.82) is 0 Å². The minimum atomic E-state index is 0.486. The molecule has 0 atom stereocenters. The molecule has 0 spiro atoms. The first-order chi connectivity index (χ1) is 9.49. The molecular weight excluding hydrogens is 246 g/mol. The molecule has 2 aromatic rings. The summed E-state index contributed by atoms with van der Waals surface area (Å²) in [4.78, 5) is 0. The molecule has 0 aromatic heterocycles. The van der Waals surface area contributed by atoms with Crippen molar-refractivity contribution in [1.82, 2.24) is 0 Å². The van der Waals surface area contributed by atoms with Crippen molar-refractivity contribution in [2.75, 3.05) is 7.11 Å². The Labute approximate surface area is 121 Å². The lowest BCUT2D eigenvalue weighted by molar-refractivity contribution is 0.410. The lowest BCUT2D eigenvalue weighted by Crippen LogP contribution is -2.01. The van der Waals surface area contributed by atoms with Crippen molar-refractivity contribution in [2.45, 2.75) is 34.2 Å². The second-order valence-electron chi connectivity index (χ2n) is 5.37. The van der Waals surface area contributed by atoms with E-state index < -0.39 is 0 Å². The topological polar surface area (TPSA) is 35.2 Å². The molecule has 0 bridgehead atoms. The molecule has 0 aliphatic rings. The van der Waals surface area contributed by atoms with Gasteiger partial charge in [-0.25, -0.2) is 0 Å². The molecule has 2 aromatic carbocycles. The van der Waals surface area contributed by atoms with Gasteiger partial charge < -0.3 is 10.5 Å². The van der Waals surface area contributed by atoms with Crippen molar-refractivity contribution in [3.63, 3.8) is 0 Å². The third kappa shape index (κ3) is 2.44. The van der Waals surface area contributed by atoms with Crippen LogP contribution in [-0.2, 0) is 6.54 Å². The second-order valence-corrected chi connectivity index (χ2v) is 5.37. The first-order valence-electron chi connectivity index (χ1n) is 6.94. The Hall–Kier alpha value is -1.80. The molecule has 0 aliphatic carbocycles. The van der Waals surface area contributed by atoms with E-state index in [0.717, 1.165) is 11.3 Å². The zero-order valence-electron chi connectivity index (χ0n) is 13.0. The summed E-state index contributed by atoms with van der Waals surface area (Å²) in [7, 11) is 1.68. The van der Waals surface area contributed by atoms with Gasteiger partial charge in [-0.15, -0.1) is 0 Å². The summed E-state index contributed by atoms with van der Waals surface area (Å²) in [5, 5.41) is 0. The molecule has 0 amide bonds. The maximum Gasteiger partial charge on any atom is 0.123 e. The summed E-state index contributed by atoms with van der Waals surface area (Å²) < 4.78 is 5.36. The molecule has 2 N–H and O–H groups in total. The molecule has 0 heterocycles. The molecular formula is C18H23NO. The summed E-state index contributed by atoms with van der Waals surface area (Å²) in [6.07, 6.45) is 0. The van der Waals surface area contributed by atoms with Crippen LogP contribution in [0, 0.1) is 27.7 Å². The largest absolute Gasteiger partial charge is 0.496 e. The molecule has 0 saturated carbocycles. The Morgan fingerprint density at radius 3 is 2.05 bits per heavy atom. The van der Waals surface area contributed by atoms with Crippen molar-refractivity contribution in [3.05, 3.63) is 52.1 Å². The third-order valence-electron chi connectivity index (χ3n) is 4.16. The molecule has 0 fully saturated rings. The van der Waals surface area contributed by atoms with Crippen molar-refractivity contribution in [2.24, 2.45) is 5.73 Å². The molecule has 20 heavy (non-hydrogen) atoms. The maximum absolute atomic E-state index is 5.83. The van der Waals surface area contributed by atoms with Crippen LogP contribution in [0.3, 0.4) is 0 Å².